The Kier molecular flexibility index (Phi) is 5.16. The Balaban J connectivity index is 1.63. The van der Waals surface area contributed by atoms with Crippen molar-refractivity contribution in [2.24, 2.45) is 0 Å². The molecule has 0 radical (unpaired) electrons. The minimum atomic E-state index is 0.828. The first-order chi connectivity index (χ1) is 13.4. The van der Waals surface area contributed by atoms with Gasteiger partial charge in [-0.1, -0.05) is 30.3 Å². The first-order valence-corrected chi connectivity index (χ1v) is 8.98. The fourth-order valence-electron chi connectivity index (χ4n) is 3.21. The van der Waals surface area contributed by atoms with Gasteiger partial charge in [-0.15, -0.1) is 0 Å². The molecule has 0 spiro atoms. The van der Waals surface area contributed by atoms with Crippen molar-refractivity contribution in [2.75, 3.05) is 11.4 Å². The van der Waals surface area contributed by atoms with E-state index in [0.717, 1.165) is 29.9 Å². The number of rotatable bonds is 6. The zero-order chi connectivity index (χ0) is 18.3. The van der Waals surface area contributed by atoms with Crippen molar-refractivity contribution in [2.45, 2.75) is 6.42 Å². The standard InChI is InChI=1S/C23H20N4/c1-2-10-23(20-7-3-12-24-16-20)19(6-1)11-15-27(21-8-4-13-25-17-21)22-9-5-14-26-18-22/h1-10,12-14,16-18H,11,15H2. The average molecular weight is 352 g/mol. The molecule has 1 aromatic carbocycles. The number of anilines is 2. The summed E-state index contributed by atoms with van der Waals surface area (Å²) in [5.74, 6) is 0. The second-order valence-corrected chi connectivity index (χ2v) is 6.22. The summed E-state index contributed by atoms with van der Waals surface area (Å²) in [6.07, 6.45) is 12.0. The molecule has 4 nitrogen and oxygen atoms in total. The third-order valence-corrected chi connectivity index (χ3v) is 4.51. The van der Waals surface area contributed by atoms with Crippen LogP contribution in [0.4, 0.5) is 11.4 Å². The maximum atomic E-state index is 4.28. The molecule has 4 rings (SSSR count). The first-order valence-electron chi connectivity index (χ1n) is 8.98. The van der Waals surface area contributed by atoms with Gasteiger partial charge in [0.15, 0.2) is 0 Å². The van der Waals surface area contributed by atoms with E-state index in [2.05, 4.69) is 62.3 Å². The highest BCUT2D eigenvalue weighted by Gasteiger charge is 2.12. The lowest BCUT2D eigenvalue weighted by atomic mass is 9.98. The lowest BCUT2D eigenvalue weighted by molar-refractivity contribution is 0.908. The second kappa shape index (κ2) is 8.23. The van der Waals surface area contributed by atoms with Crippen molar-refractivity contribution >= 4 is 11.4 Å². The third kappa shape index (κ3) is 4.01. The van der Waals surface area contributed by atoms with Crippen molar-refractivity contribution in [3.8, 4) is 11.1 Å². The molecule has 27 heavy (non-hydrogen) atoms. The van der Waals surface area contributed by atoms with Gasteiger partial charge >= 0.3 is 0 Å². The summed E-state index contributed by atoms with van der Waals surface area (Å²) in [6.45, 7) is 0.828. The van der Waals surface area contributed by atoms with E-state index in [4.69, 9.17) is 0 Å². The van der Waals surface area contributed by atoms with Crippen LogP contribution in [0.2, 0.25) is 0 Å². The van der Waals surface area contributed by atoms with E-state index in [-0.39, 0.29) is 0 Å². The SMILES string of the molecule is c1cncc(-c2ccccc2CCN(c2cccnc2)c2cccnc2)c1. The Hall–Kier alpha value is -3.53. The minimum absolute atomic E-state index is 0.828. The molecule has 0 aliphatic rings. The summed E-state index contributed by atoms with van der Waals surface area (Å²) in [7, 11) is 0. The number of hydrogen-bond donors (Lipinski definition) is 0. The monoisotopic (exact) mass is 352 g/mol. The minimum Gasteiger partial charge on any atom is -0.339 e. The van der Waals surface area contributed by atoms with Gasteiger partial charge in [0.2, 0.25) is 0 Å². The predicted octanol–water partition coefficient (Wildman–Crippen LogP) is 4.92. The Morgan fingerprint density at radius 3 is 1.85 bits per heavy atom. The Bertz CT molecular complexity index is 933. The van der Waals surface area contributed by atoms with Crippen molar-refractivity contribution in [1.82, 2.24) is 15.0 Å². The number of aromatic nitrogens is 3. The van der Waals surface area contributed by atoms with Crippen LogP contribution >= 0.6 is 0 Å². The second-order valence-electron chi connectivity index (χ2n) is 6.22. The highest BCUT2D eigenvalue weighted by atomic mass is 15.1. The lowest BCUT2D eigenvalue weighted by Gasteiger charge is -2.25. The molecule has 0 N–H and O–H groups in total. The molecule has 132 valence electrons. The van der Waals surface area contributed by atoms with Gasteiger partial charge in [0.25, 0.3) is 0 Å². The van der Waals surface area contributed by atoms with E-state index in [1.165, 1.54) is 11.1 Å². The predicted molar refractivity (Wildman–Crippen MR) is 109 cm³/mol. The maximum absolute atomic E-state index is 4.28. The highest BCUT2D eigenvalue weighted by Crippen LogP contribution is 2.27. The molecule has 0 saturated carbocycles. The van der Waals surface area contributed by atoms with Gasteiger partial charge in [-0.05, 0) is 47.9 Å². The van der Waals surface area contributed by atoms with Gasteiger partial charge in [0.1, 0.15) is 0 Å². The van der Waals surface area contributed by atoms with E-state index in [1.54, 1.807) is 18.6 Å². The van der Waals surface area contributed by atoms with Gasteiger partial charge < -0.3 is 4.90 Å². The lowest BCUT2D eigenvalue weighted by Crippen LogP contribution is -2.20. The third-order valence-electron chi connectivity index (χ3n) is 4.51. The van der Waals surface area contributed by atoms with Crippen LogP contribution in [-0.2, 0) is 6.42 Å². The molecule has 4 aromatic rings. The quantitative estimate of drug-likeness (QED) is 0.494. The van der Waals surface area contributed by atoms with Crippen LogP contribution in [0.5, 0.6) is 0 Å². The molecule has 0 amide bonds. The molecule has 0 saturated heterocycles. The Labute approximate surface area is 159 Å². The fraction of sp³-hybridized carbons (Fsp3) is 0.0870. The van der Waals surface area contributed by atoms with E-state index < -0.39 is 0 Å². The normalized spacial score (nSPS) is 10.5. The van der Waals surface area contributed by atoms with Crippen LogP contribution in [0, 0.1) is 0 Å². The summed E-state index contributed by atoms with van der Waals surface area (Å²) in [6, 6.07) is 20.7. The molecule has 0 bridgehead atoms. The van der Waals surface area contributed by atoms with Gasteiger partial charge in [-0.2, -0.15) is 0 Å². The van der Waals surface area contributed by atoms with E-state index >= 15 is 0 Å². The van der Waals surface area contributed by atoms with Gasteiger partial charge in [0, 0.05) is 36.9 Å². The molecule has 3 aromatic heterocycles. The van der Waals surface area contributed by atoms with Crippen molar-refractivity contribution in [1.29, 1.82) is 0 Å². The molecule has 0 unspecified atom stereocenters. The molecular weight excluding hydrogens is 332 g/mol. The number of hydrogen-bond acceptors (Lipinski definition) is 4. The molecular formula is C23H20N4. The van der Waals surface area contributed by atoms with Gasteiger partial charge in [-0.25, -0.2) is 0 Å². The van der Waals surface area contributed by atoms with Crippen LogP contribution in [0.25, 0.3) is 11.1 Å². The number of benzene rings is 1. The smallest absolute Gasteiger partial charge is 0.0597 e. The summed E-state index contributed by atoms with van der Waals surface area (Å²) in [4.78, 5) is 15.1. The number of pyridine rings is 3. The summed E-state index contributed by atoms with van der Waals surface area (Å²) in [5.41, 5.74) is 5.78. The molecule has 0 atom stereocenters. The van der Waals surface area contributed by atoms with Crippen LogP contribution in [0.3, 0.4) is 0 Å². The fourth-order valence-corrected chi connectivity index (χ4v) is 3.21. The molecule has 0 fully saturated rings. The van der Waals surface area contributed by atoms with Crippen LogP contribution in [0.1, 0.15) is 5.56 Å². The summed E-state index contributed by atoms with van der Waals surface area (Å²) < 4.78 is 0. The highest BCUT2D eigenvalue weighted by molar-refractivity contribution is 5.67. The van der Waals surface area contributed by atoms with Crippen LogP contribution < -0.4 is 4.90 Å². The summed E-state index contributed by atoms with van der Waals surface area (Å²) in [5, 5.41) is 0. The van der Waals surface area contributed by atoms with Crippen LogP contribution in [0.15, 0.2) is 97.8 Å². The summed E-state index contributed by atoms with van der Waals surface area (Å²) >= 11 is 0. The van der Waals surface area contributed by atoms with Gasteiger partial charge in [0.05, 0.1) is 23.8 Å². The molecule has 4 heteroatoms. The van der Waals surface area contributed by atoms with E-state index in [9.17, 15) is 0 Å². The topological polar surface area (TPSA) is 41.9 Å². The Morgan fingerprint density at radius 1 is 0.630 bits per heavy atom. The van der Waals surface area contributed by atoms with E-state index in [1.807, 2.05) is 36.8 Å². The van der Waals surface area contributed by atoms with Crippen LogP contribution in [-0.4, -0.2) is 21.5 Å². The first kappa shape index (κ1) is 16.9. The maximum Gasteiger partial charge on any atom is 0.0597 e. The Morgan fingerprint density at radius 2 is 1.26 bits per heavy atom. The van der Waals surface area contributed by atoms with Crippen molar-refractivity contribution < 1.29 is 0 Å². The molecule has 0 aliphatic carbocycles. The average Bonchev–Trinajstić information content (AvgIpc) is 2.76. The zero-order valence-electron chi connectivity index (χ0n) is 14.9. The number of nitrogens with zero attached hydrogens (tertiary/aromatic N) is 4. The van der Waals surface area contributed by atoms with Gasteiger partial charge in [-0.3, -0.25) is 15.0 Å². The van der Waals surface area contributed by atoms with Crippen molar-refractivity contribution in [3.05, 3.63) is 103 Å². The zero-order valence-corrected chi connectivity index (χ0v) is 14.9. The largest absolute Gasteiger partial charge is 0.339 e. The van der Waals surface area contributed by atoms with E-state index in [0.29, 0.717) is 0 Å². The van der Waals surface area contributed by atoms with Crippen molar-refractivity contribution in [3.63, 3.8) is 0 Å². The molecule has 3 heterocycles. The molecule has 0 aliphatic heterocycles.